The Kier molecular flexibility index (Phi) is 9.54. The lowest BCUT2D eigenvalue weighted by Gasteiger charge is -2.14. The normalized spacial score (nSPS) is 12.8. The van der Waals surface area contributed by atoms with Crippen molar-refractivity contribution in [2.75, 3.05) is 19.8 Å². The van der Waals surface area contributed by atoms with Gasteiger partial charge in [0.1, 0.15) is 5.56 Å². The molecule has 2 N–H and O–H groups in total. The van der Waals surface area contributed by atoms with Crippen molar-refractivity contribution in [3.63, 3.8) is 0 Å². The molecule has 0 saturated carbocycles. The summed E-state index contributed by atoms with van der Waals surface area (Å²) in [6.45, 7) is 7.88. The smallest absolute Gasteiger partial charge is 0.335 e. The minimum absolute atomic E-state index is 0.00461. The topological polar surface area (TPSA) is 96.7 Å². The Morgan fingerprint density at radius 2 is 1.93 bits per heavy atom. The van der Waals surface area contributed by atoms with Gasteiger partial charge in [-0.1, -0.05) is 51.3 Å². The molecule has 2 aromatic rings. The molecule has 2 rings (SSSR count). The average Bonchev–Trinajstić information content (AvgIpc) is 2.73. The maximum Gasteiger partial charge on any atom is 0.335 e. The van der Waals surface area contributed by atoms with Crippen LogP contribution >= 0.6 is 0 Å². The highest BCUT2D eigenvalue weighted by Crippen LogP contribution is 2.17. The number of nitrogens with one attached hydrogen (secondary N) is 1. The van der Waals surface area contributed by atoms with Crippen LogP contribution in [0.2, 0.25) is 0 Å². The second kappa shape index (κ2) is 12.1. The molecule has 1 aromatic heterocycles. The van der Waals surface area contributed by atoms with Gasteiger partial charge in [0, 0.05) is 25.5 Å². The van der Waals surface area contributed by atoms with E-state index in [-0.39, 0.29) is 5.56 Å². The van der Waals surface area contributed by atoms with Crippen molar-refractivity contribution in [1.29, 1.82) is 0 Å². The van der Waals surface area contributed by atoms with Crippen LogP contribution in [0.4, 0.5) is 0 Å². The fourth-order valence-electron chi connectivity index (χ4n) is 3.31. The first-order chi connectivity index (χ1) is 14.5. The molecular weight excluding hydrogens is 382 g/mol. The van der Waals surface area contributed by atoms with Crippen LogP contribution < -0.4 is 11.2 Å². The van der Waals surface area contributed by atoms with E-state index >= 15 is 0 Å². The van der Waals surface area contributed by atoms with E-state index < -0.39 is 17.1 Å². The number of hydrogen-bond acceptors (Lipinski definition) is 5. The number of nitrogens with zero attached hydrogens (tertiary/aromatic N) is 2. The summed E-state index contributed by atoms with van der Waals surface area (Å²) < 4.78 is 6.85. The third-order valence-electron chi connectivity index (χ3n) is 5.15. The predicted molar refractivity (Wildman–Crippen MR) is 120 cm³/mol. The molecule has 0 fully saturated rings. The van der Waals surface area contributed by atoms with Gasteiger partial charge in [0.05, 0.1) is 5.69 Å². The van der Waals surface area contributed by atoms with Crippen molar-refractivity contribution in [3.05, 3.63) is 56.7 Å². The molecule has 0 radical (unpaired) electrons. The van der Waals surface area contributed by atoms with Gasteiger partial charge in [0.25, 0.3) is 5.56 Å². The zero-order chi connectivity index (χ0) is 21.9. The van der Waals surface area contributed by atoms with Gasteiger partial charge in [-0.05, 0) is 37.8 Å². The number of aromatic nitrogens is 2. The van der Waals surface area contributed by atoms with Gasteiger partial charge in [-0.15, -0.1) is 0 Å². The van der Waals surface area contributed by atoms with Crippen LogP contribution in [0.1, 0.15) is 58.4 Å². The summed E-state index contributed by atoms with van der Waals surface area (Å²) in [5.74, 6) is 0.193. The Morgan fingerprint density at radius 1 is 1.20 bits per heavy atom. The van der Waals surface area contributed by atoms with Crippen molar-refractivity contribution in [2.45, 2.75) is 52.9 Å². The van der Waals surface area contributed by atoms with Gasteiger partial charge in [-0.25, -0.2) is 9.36 Å². The number of aromatic hydroxyl groups is 1. The van der Waals surface area contributed by atoms with E-state index in [1.165, 1.54) is 19.3 Å². The van der Waals surface area contributed by atoms with Gasteiger partial charge in [-0.2, -0.15) is 0 Å². The van der Waals surface area contributed by atoms with Crippen LogP contribution in [-0.4, -0.2) is 40.1 Å². The van der Waals surface area contributed by atoms with Crippen molar-refractivity contribution in [1.82, 2.24) is 9.55 Å². The number of hydrogen-bond donors (Lipinski definition) is 2. The quantitative estimate of drug-likeness (QED) is 0.408. The monoisotopic (exact) mass is 415 g/mol. The molecule has 7 nitrogen and oxygen atoms in total. The van der Waals surface area contributed by atoms with E-state index in [4.69, 9.17) is 4.74 Å². The number of benzene rings is 1. The maximum atomic E-state index is 12.3. The van der Waals surface area contributed by atoms with Gasteiger partial charge in [0.2, 0.25) is 5.88 Å². The third kappa shape index (κ3) is 6.42. The average molecular weight is 416 g/mol. The molecule has 0 spiro atoms. The molecule has 0 saturated heterocycles. The number of aromatic amines is 1. The first-order valence-corrected chi connectivity index (χ1v) is 10.7. The van der Waals surface area contributed by atoms with E-state index in [1.807, 2.05) is 0 Å². The van der Waals surface area contributed by atoms with Crippen molar-refractivity contribution >= 4 is 5.71 Å². The number of unbranched alkanes of at least 4 members (excludes halogenated alkanes) is 1. The Labute approximate surface area is 177 Å². The largest absolute Gasteiger partial charge is 0.493 e. The van der Waals surface area contributed by atoms with Gasteiger partial charge >= 0.3 is 5.69 Å². The van der Waals surface area contributed by atoms with E-state index in [0.717, 1.165) is 24.0 Å². The van der Waals surface area contributed by atoms with Crippen LogP contribution in [0.15, 0.2) is 44.9 Å². The highest BCUT2D eigenvalue weighted by molar-refractivity contribution is 6.00. The third-order valence-corrected chi connectivity index (χ3v) is 5.15. The van der Waals surface area contributed by atoms with E-state index in [2.05, 4.69) is 23.8 Å². The maximum absolute atomic E-state index is 12.3. The number of para-hydroxylation sites is 1. The summed E-state index contributed by atoms with van der Waals surface area (Å²) in [5.41, 5.74) is -0.490. The molecule has 0 bridgehead atoms. The van der Waals surface area contributed by atoms with E-state index in [1.54, 1.807) is 37.3 Å². The Hall–Kier alpha value is -2.67. The number of rotatable bonds is 12. The molecular formula is C23H33N3O4. The zero-order valence-electron chi connectivity index (χ0n) is 18.2. The zero-order valence-corrected chi connectivity index (χ0v) is 18.2. The SMILES string of the molecule is CCCC[C@H](CC)COCCCN=C(C)c1c(O)n(-c2ccccc2)c(=O)[nH]c1=O. The first kappa shape index (κ1) is 23.6. The van der Waals surface area contributed by atoms with E-state index in [0.29, 0.717) is 30.5 Å². The molecule has 1 heterocycles. The second-order valence-electron chi connectivity index (χ2n) is 7.44. The molecule has 30 heavy (non-hydrogen) atoms. The van der Waals surface area contributed by atoms with E-state index in [9.17, 15) is 14.7 Å². The minimum Gasteiger partial charge on any atom is -0.493 e. The Balaban J connectivity index is 2.01. The fourth-order valence-corrected chi connectivity index (χ4v) is 3.31. The summed E-state index contributed by atoms with van der Waals surface area (Å²) in [5, 5.41) is 10.6. The van der Waals surface area contributed by atoms with Crippen LogP contribution in [0.5, 0.6) is 5.88 Å². The van der Waals surface area contributed by atoms with Crippen molar-refractivity contribution < 1.29 is 9.84 Å². The lowest BCUT2D eigenvalue weighted by atomic mass is 10.0. The lowest BCUT2D eigenvalue weighted by molar-refractivity contribution is 0.0933. The summed E-state index contributed by atoms with van der Waals surface area (Å²) in [6.07, 6.45) is 5.47. The molecule has 1 aromatic carbocycles. The van der Waals surface area contributed by atoms with Crippen molar-refractivity contribution in [3.8, 4) is 11.6 Å². The molecule has 0 aliphatic carbocycles. The highest BCUT2D eigenvalue weighted by atomic mass is 16.5. The molecule has 164 valence electrons. The highest BCUT2D eigenvalue weighted by Gasteiger charge is 2.17. The molecule has 0 unspecified atom stereocenters. The molecule has 7 heteroatoms. The summed E-state index contributed by atoms with van der Waals surface area (Å²) in [7, 11) is 0. The summed E-state index contributed by atoms with van der Waals surface area (Å²) >= 11 is 0. The van der Waals surface area contributed by atoms with Crippen LogP contribution in [0.3, 0.4) is 0 Å². The summed E-state index contributed by atoms with van der Waals surface area (Å²) in [4.78, 5) is 31.2. The van der Waals surface area contributed by atoms with Gasteiger partial charge in [-0.3, -0.25) is 14.8 Å². The summed E-state index contributed by atoms with van der Waals surface area (Å²) in [6, 6.07) is 8.66. The Bertz CT molecular complexity index is 932. The predicted octanol–water partition coefficient (Wildman–Crippen LogP) is 3.66. The number of H-pyrrole nitrogens is 1. The minimum atomic E-state index is -0.692. The Morgan fingerprint density at radius 3 is 2.60 bits per heavy atom. The molecule has 0 amide bonds. The van der Waals surface area contributed by atoms with Gasteiger partial charge < -0.3 is 9.84 Å². The second-order valence-corrected chi connectivity index (χ2v) is 7.44. The molecule has 1 atom stereocenters. The number of aliphatic imine (C=N–C) groups is 1. The number of ether oxygens (including phenoxy) is 1. The van der Waals surface area contributed by atoms with Crippen LogP contribution in [-0.2, 0) is 4.74 Å². The van der Waals surface area contributed by atoms with Crippen molar-refractivity contribution in [2.24, 2.45) is 10.9 Å². The lowest BCUT2D eigenvalue weighted by Crippen LogP contribution is -2.32. The standard InChI is InChI=1S/C23H33N3O4/c1-4-6-11-18(5-2)16-30-15-10-14-24-17(3)20-21(27)25-23(29)26(22(20)28)19-12-8-7-9-13-19/h7-9,12-13,18,28H,4-6,10-11,14-16H2,1-3H3,(H,25,27,29)/t18-/m0/s1. The van der Waals surface area contributed by atoms with Crippen LogP contribution in [0, 0.1) is 5.92 Å². The van der Waals surface area contributed by atoms with Gasteiger partial charge in [0.15, 0.2) is 0 Å². The first-order valence-electron chi connectivity index (χ1n) is 10.7. The molecule has 0 aliphatic rings. The van der Waals surface area contributed by atoms with Crippen LogP contribution in [0.25, 0.3) is 5.69 Å². The molecule has 0 aliphatic heterocycles. The fraction of sp³-hybridized carbons (Fsp3) is 0.522.